The minimum Gasteiger partial charge on any atom is -0.507 e. The Kier molecular flexibility index (Phi) is 18.4. The third-order valence-corrected chi connectivity index (χ3v) is 5.58. The van der Waals surface area contributed by atoms with Crippen molar-refractivity contribution in [2.45, 2.75) is 49.0 Å². The molecule has 0 saturated carbocycles. The number of hydrogen-bond donors (Lipinski definition) is 1. The van der Waals surface area contributed by atoms with Crippen molar-refractivity contribution < 1.29 is 18.8 Å². The van der Waals surface area contributed by atoms with Gasteiger partial charge in [0.1, 0.15) is 26.9 Å². The van der Waals surface area contributed by atoms with Crippen LogP contribution in [0.4, 0.5) is 0 Å². The molecule has 4 aromatic rings. The van der Waals surface area contributed by atoms with Gasteiger partial charge in [0.15, 0.2) is 37.2 Å². The summed E-state index contributed by atoms with van der Waals surface area (Å²) in [5.41, 5.74) is 5.83. The average molecular weight is 555 g/mol. The summed E-state index contributed by atoms with van der Waals surface area (Å²) in [7, 11) is 5.99. The minimum atomic E-state index is 0. The lowest BCUT2D eigenvalue weighted by atomic mass is 10.0. The largest absolute Gasteiger partial charge is 0.507 e. The fraction of sp³-hybridized carbons (Fsp3) is 0.270. The van der Waals surface area contributed by atoms with Gasteiger partial charge in [-0.05, 0) is 34.4 Å². The molecule has 0 aliphatic rings. The highest BCUT2D eigenvalue weighted by Gasteiger charge is 2.06. The van der Waals surface area contributed by atoms with Gasteiger partial charge in [0.25, 0.3) is 0 Å². The smallest absolute Gasteiger partial charge is 0.169 e. The zero-order chi connectivity index (χ0) is 29.9. The van der Waals surface area contributed by atoms with Gasteiger partial charge in [0, 0.05) is 47.5 Å². The summed E-state index contributed by atoms with van der Waals surface area (Å²) in [6.45, 7) is 12.0. The number of pyridine rings is 3. The maximum atomic E-state index is 11.0. The fourth-order valence-electron chi connectivity index (χ4n) is 3.49. The van der Waals surface area contributed by atoms with Crippen LogP contribution in [0.2, 0.25) is 0 Å². The van der Waals surface area contributed by atoms with Gasteiger partial charge in [-0.25, -0.2) is 13.7 Å². The second-order valence-corrected chi connectivity index (χ2v) is 8.44. The van der Waals surface area contributed by atoms with Crippen molar-refractivity contribution >= 4 is 36.5 Å². The second-order valence-electron chi connectivity index (χ2n) is 8.44. The Bertz CT molecular complexity index is 1270. The third-order valence-electron chi connectivity index (χ3n) is 5.58. The molecule has 0 saturated heterocycles. The summed E-state index contributed by atoms with van der Waals surface area (Å²) in [6.07, 6.45) is 24.2. The van der Waals surface area contributed by atoms with Crippen molar-refractivity contribution in [3.8, 4) is 5.75 Å². The first-order valence-corrected chi connectivity index (χ1v) is 14.2. The van der Waals surface area contributed by atoms with E-state index in [0.29, 0.717) is 0 Å². The number of benzene rings is 1. The fourth-order valence-corrected chi connectivity index (χ4v) is 3.49. The molecule has 4 heteroatoms. The van der Waals surface area contributed by atoms with E-state index in [9.17, 15) is 5.11 Å². The van der Waals surface area contributed by atoms with E-state index >= 15 is 0 Å². The van der Waals surface area contributed by atoms with E-state index in [0.717, 1.165) is 33.4 Å². The molecule has 1 aromatic carbocycles. The highest BCUT2D eigenvalue weighted by Crippen LogP contribution is 2.29. The molecule has 0 spiro atoms. The zero-order valence-corrected chi connectivity index (χ0v) is 25.8. The lowest BCUT2D eigenvalue weighted by molar-refractivity contribution is -0.671. The molecule has 4 rings (SSSR count). The van der Waals surface area contributed by atoms with E-state index in [2.05, 4.69) is 24.3 Å². The number of nitrogens with zero attached hydrogens (tertiary/aromatic N) is 3. The Morgan fingerprint density at radius 2 is 0.683 bits per heavy atom. The van der Waals surface area contributed by atoms with Crippen LogP contribution in [0.5, 0.6) is 5.75 Å². The summed E-state index contributed by atoms with van der Waals surface area (Å²) < 4.78 is 6.00. The highest BCUT2D eigenvalue weighted by atomic mass is 16.3. The maximum absolute atomic E-state index is 11.0. The van der Waals surface area contributed by atoms with Gasteiger partial charge < -0.3 is 5.11 Å². The maximum Gasteiger partial charge on any atom is 0.169 e. The van der Waals surface area contributed by atoms with Crippen LogP contribution >= 0.6 is 0 Å². The number of aromatic nitrogens is 3. The van der Waals surface area contributed by atoms with Crippen LogP contribution in [0.25, 0.3) is 36.5 Å². The molecule has 0 fully saturated rings. The van der Waals surface area contributed by atoms with Crippen LogP contribution in [0.1, 0.15) is 82.3 Å². The van der Waals surface area contributed by atoms with Crippen molar-refractivity contribution in [2.75, 3.05) is 0 Å². The Morgan fingerprint density at radius 1 is 0.439 bits per heavy atom. The van der Waals surface area contributed by atoms with Gasteiger partial charge in [-0.2, -0.15) is 0 Å². The van der Waals surface area contributed by atoms with E-state index < -0.39 is 0 Å². The summed E-state index contributed by atoms with van der Waals surface area (Å²) in [5.74, 6) is 0.263. The highest BCUT2D eigenvalue weighted by molar-refractivity contribution is 5.82. The second kappa shape index (κ2) is 20.6. The van der Waals surface area contributed by atoms with Crippen LogP contribution in [0.15, 0.2) is 85.7 Å². The van der Waals surface area contributed by atoms with Gasteiger partial charge in [-0.3, -0.25) is 0 Å². The Labute approximate surface area is 249 Å². The summed E-state index contributed by atoms with van der Waals surface area (Å²) in [5, 5.41) is 11.0. The number of phenolic OH excluding ortho intramolecular Hbond substituents is 1. The first-order valence-electron chi connectivity index (χ1n) is 14.2. The van der Waals surface area contributed by atoms with Crippen LogP contribution in [0.3, 0.4) is 0 Å². The van der Waals surface area contributed by atoms with Gasteiger partial charge in [0.05, 0.1) is 0 Å². The molecule has 0 aliphatic heterocycles. The molecule has 3 heterocycles. The van der Waals surface area contributed by atoms with Crippen molar-refractivity contribution in [3.63, 3.8) is 0 Å². The number of aryl methyl sites for hydroxylation is 3. The predicted molar refractivity (Wildman–Crippen MR) is 179 cm³/mol. The quantitative estimate of drug-likeness (QED) is 0.240. The average Bonchev–Trinajstić information content (AvgIpc) is 3.00. The minimum absolute atomic E-state index is 0. The topological polar surface area (TPSA) is 31.9 Å². The van der Waals surface area contributed by atoms with E-state index in [1.165, 1.54) is 0 Å². The van der Waals surface area contributed by atoms with Crippen molar-refractivity contribution in [2.24, 2.45) is 21.1 Å². The standard InChI is InChI=1S/C30H29N3O.3C2H6.CH4/c1-31-16-10-24(11-17-31)4-5-27-22-28(8-6-25-12-18-32(2)19-13-25)30(34)29(23-27)9-7-26-14-20-33(3)21-15-26;3*1-2;/h4-23H,1-3H3;3*1-2H3;1H4/q+2;;;;/p+1. The van der Waals surface area contributed by atoms with Gasteiger partial charge in [-0.15, -0.1) is 0 Å². The van der Waals surface area contributed by atoms with Crippen LogP contribution in [-0.4, -0.2) is 5.11 Å². The molecule has 0 atom stereocenters. The normalized spacial score (nSPS) is 10.2. The molecule has 0 amide bonds. The number of aromatic hydroxyl groups is 1. The molecular formula is C37H52N3O+3. The van der Waals surface area contributed by atoms with E-state index in [4.69, 9.17) is 0 Å². The monoisotopic (exact) mass is 554 g/mol. The van der Waals surface area contributed by atoms with Gasteiger partial charge in [-0.1, -0.05) is 85.4 Å². The molecule has 3 aromatic heterocycles. The first kappa shape index (κ1) is 36.7. The van der Waals surface area contributed by atoms with Crippen molar-refractivity contribution in [3.05, 3.63) is 119 Å². The molecule has 218 valence electrons. The molecule has 4 nitrogen and oxygen atoms in total. The molecule has 0 aliphatic carbocycles. The first-order chi connectivity index (χ1) is 19.5. The zero-order valence-electron chi connectivity index (χ0n) is 25.8. The van der Waals surface area contributed by atoms with E-state index in [-0.39, 0.29) is 13.2 Å². The molecule has 1 N–H and O–H groups in total. The predicted octanol–water partition coefficient (Wildman–Crippen LogP) is 8.09. The number of phenols is 1. The lowest BCUT2D eigenvalue weighted by Gasteiger charge is -2.07. The van der Waals surface area contributed by atoms with Crippen LogP contribution in [0, 0.1) is 0 Å². The van der Waals surface area contributed by atoms with Crippen LogP contribution < -0.4 is 13.7 Å². The number of hydrogen-bond acceptors (Lipinski definition) is 1. The van der Waals surface area contributed by atoms with Crippen molar-refractivity contribution in [1.29, 1.82) is 0 Å². The summed E-state index contributed by atoms with van der Waals surface area (Å²) >= 11 is 0. The summed E-state index contributed by atoms with van der Waals surface area (Å²) in [4.78, 5) is 0. The molecule has 0 unspecified atom stereocenters. The van der Waals surface area contributed by atoms with Gasteiger partial charge in [0.2, 0.25) is 0 Å². The summed E-state index contributed by atoms with van der Waals surface area (Å²) in [6, 6.07) is 16.3. The Morgan fingerprint density at radius 3 is 0.976 bits per heavy atom. The van der Waals surface area contributed by atoms with E-state index in [1.54, 1.807) is 0 Å². The third kappa shape index (κ3) is 12.6. The van der Waals surface area contributed by atoms with Crippen molar-refractivity contribution in [1.82, 2.24) is 0 Å². The van der Waals surface area contributed by atoms with Crippen LogP contribution in [-0.2, 0) is 21.1 Å². The van der Waals surface area contributed by atoms with E-state index in [1.807, 2.05) is 174 Å². The molecule has 41 heavy (non-hydrogen) atoms. The van der Waals surface area contributed by atoms with Gasteiger partial charge >= 0.3 is 0 Å². The Hall–Kier alpha value is -4.31. The number of rotatable bonds is 6. The Balaban J connectivity index is 0.00000215. The molecule has 0 radical (unpaired) electrons. The molecular weight excluding hydrogens is 502 g/mol. The molecule has 0 bridgehead atoms. The SMILES string of the molecule is C.CC.CC.CC.C[n+]1ccc(/C=C/c2cc(/C=C/c3cc[n+](C)cc3)c(O)c(/C=C/c3cc[n+](C)cc3)c2)cc1. The lowest BCUT2D eigenvalue weighted by Crippen LogP contribution is -2.25.